The van der Waals surface area contributed by atoms with E-state index in [2.05, 4.69) is 46.9 Å². The standard InChI is InChI=1S/C37H73NO3/c1-7-9-11-13-15-16-17-18-19-20-21-22-23-25-27-33(3)36(4,5)37(6,34-28-30-38-31-29-34)35(39)41-40-32-26-24-14-12-10-8-2/h33-34,38H,7-32H2,1-6H3. The van der Waals surface area contributed by atoms with Crippen LogP contribution in [0.4, 0.5) is 0 Å². The average molecular weight is 580 g/mol. The number of piperidine rings is 1. The van der Waals surface area contributed by atoms with Crippen LogP contribution in [0.2, 0.25) is 0 Å². The molecule has 0 radical (unpaired) electrons. The van der Waals surface area contributed by atoms with Crippen molar-refractivity contribution in [1.29, 1.82) is 0 Å². The van der Waals surface area contributed by atoms with Gasteiger partial charge in [0.25, 0.3) is 0 Å². The first-order chi connectivity index (χ1) is 19.8. The molecule has 0 bridgehead atoms. The molecule has 2 unspecified atom stereocenters. The average Bonchev–Trinajstić information content (AvgIpc) is 2.98. The van der Waals surface area contributed by atoms with Crippen molar-refractivity contribution in [3.8, 4) is 0 Å². The molecule has 0 aromatic rings. The minimum absolute atomic E-state index is 0.145. The van der Waals surface area contributed by atoms with Crippen LogP contribution < -0.4 is 5.32 Å². The third kappa shape index (κ3) is 15.1. The van der Waals surface area contributed by atoms with Crippen LogP contribution in [0.3, 0.4) is 0 Å². The van der Waals surface area contributed by atoms with Gasteiger partial charge < -0.3 is 5.32 Å². The highest BCUT2D eigenvalue weighted by atomic mass is 17.2. The number of hydrogen-bond donors (Lipinski definition) is 1. The van der Waals surface area contributed by atoms with Crippen molar-refractivity contribution in [3.63, 3.8) is 0 Å². The lowest BCUT2D eigenvalue weighted by atomic mass is 9.53. The summed E-state index contributed by atoms with van der Waals surface area (Å²) in [5.41, 5.74) is -0.711. The smallest absolute Gasteiger partial charge is 0.317 e. The van der Waals surface area contributed by atoms with Gasteiger partial charge in [0, 0.05) is 0 Å². The molecule has 0 aromatic heterocycles. The molecular formula is C37H73NO3. The highest BCUT2D eigenvalue weighted by molar-refractivity contribution is 5.77. The van der Waals surface area contributed by atoms with Gasteiger partial charge in [-0.3, -0.25) is 4.89 Å². The molecule has 1 N–H and O–H groups in total. The topological polar surface area (TPSA) is 47.6 Å². The Morgan fingerprint density at radius 2 is 1.10 bits per heavy atom. The van der Waals surface area contributed by atoms with Gasteiger partial charge in [0.2, 0.25) is 0 Å². The summed E-state index contributed by atoms with van der Waals surface area (Å²) in [4.78, 5) is 24.9. The van der Waals surface area contributed by atoms with Crippen LogP contribution in [0.15, 0.2) is 0 Å². The second-order valence-electron chi connectivity index (χ2n) is 14.2. The first-order valence-electron chi connectivity index (χ1n) is 18.4. The lowest BCUT2D eigenvalue weighted by molar-refractivity contribution is -0.289. The second-order valence-corrected chi connectivity index (χ2v) is 14.2. The van der Waals surface area contributed by atoms with E-state index in [0.717, 1.165) is 38.8 Å². The normalized spacial score (nSPS) is 16.9. The molecule has 1 saturated heterocycles. The zero-order valence-electron chi connectivity index (χ0n) is 28.8. The lowest BCUT2D eigenvalue weighted by Crippen LogP contribution is -2.53. The Balaban J connectivity index is 2.40. The molecule has 0 spiro atoms. The Bertz CT molecular complexity index is 615. The fourth-order valence-corrected chi connectivity index (χ4v) is 7.00. The molecule has 244 valence electrons. The van der Waals surface area contributed by atoms with E-state index >= 15 is 0 Å². The summed E-state index contributed by atoms with van der Waals surface area (Å²) in [6, 6.07) is 0. The molecule has 0 aliphatic carbocycles. The first-order valence-corrected chi connectivity index (χ1v) is 18.4. The molecule has 0 saturated carbocycles. The maximum Gasteiger partial charge on any atom is 0.348 e. The third-order valence-electron chi connectivity index (χ3n) is 10.9. The van der Waals surface area contributed by atoms with E-state index in [9.17, 15) is 4.79 Å². The summed E-state index contributed by atoms with van der Waals surface area (Å²) in [5, 5.41) is 3.49. The van der Waals surface area contributed by atoms with Crippen molar-refractivity contribution >= 4 is 5.97 Å². The van der Waals surface area contributed by atoms with Crippen molar-refractivity contribution < 1.29 is 14.6 Å². The molecule has 4 heteroatoms. The van der Waals surface area contributed by atoms with E-state index in [1.54, 1.807) is 0 Å². The fraction of sp³-hybridized carbons (Fsp3) is 0.973. The Morgan fingerprint density at radius 1 is 0.683 bits per heavy atom. The molecule has 1 aliphatic heterocycles. The van der Waals surface area contributed by atoms with Crippen molar-refractivity contribution in [2.45, 2.75) is 189 Å². The number of nitrogens with one attached hydrogen (secondary N) is 1. The molecule has 1 rings (SSSR count). The molecule has 0 aromatic carbocycles. The second kappa shape index (κ2) is 23.8. The number of hydrogen-bond acceptors (Lipinski definition) is 4. The monoisotopic (exact) mass is 580 g/mol. The van der Waals surface area contributed by atoms with Crippen molar-refractivity contribution in [2.75, 3.05) is 19.7 Å². The van der Waals surface area contributed by atoms with Gasteiger partial charge >= 0.3 is 5.97 Å². The maximum atomic E-state index is 13.7. The summed E-state index contributed by atoms with van der Waals surface area (Å²) in [7, 11) is 0. The summed E-state index contributed by atoms with van der Waals surface area (Å²) < 4.78 is 0. The van der Waals surface area contributed by atoms with Gasteiger partial charge in [-0.25, -0.2) is 4.79 Å². The Labute approximate surface area is 257 Å². The highest BCUT2D eigenvalue weighted by Gasteiger charge is 2.55. The van der Waals surface area contributed by atoms with Crippen LogP contribution in [0.25, 0.3) is 0 Å². The van der Waals surface area contributed by atoms with E-state index in [1.807, 2.05) is 0 Å². The maximum absolute atomic E-state index is 13.7. The number of carbonyl (C=O) groups excluding carboxylic acids is 1. The van der Waals surface area contributed by atoms with Crippen LogP contribution in [0.5, 0.6) is 0 Å². The Hall–Kier alpha value is -0.610. The zero-order chi connectivity index (χ0) is 30.2. The summed E-state index contributed by atoms with van der Waals surface area (Å²) in [6.45, 7) is 16.2. The summed E-state index contributed by atoms with van der Waals surface area (Å²) >= 11 is 0. The first kappa shape index (κ1) is 38.4. The Kier molecular flexibility index (Phi) is 22.3. The number of carbonyl (C=O) groups is 1. The van der Waals surface area contributed by atoms with E-state index in [-0.39, 0.29) is 11.4 Å². The SMILES string of the molecule is CCCCCCCCCCCCCCCCC(C)C(C)(C)C(C)(C(=O)OOCCCCCCCC)C1CCNCC1. The van der Waals surface area contributed by atoms with Crippen molar-refractivity contribution in [3.05, 3.63) is 0 Å². The van der Waals surface area contributed by atoms with E-state index in [4.69, 9.17) is 9.78 Å². The van der Waals surface area contributed by atoms with Gasteiger partial charge in [-0.05, 0) is 56.5 Å². The highest BCUT2D eigenvalue weighted by Crippen LogP contribution is 2.54. The van der Waals surface area contributed by atoms with Crippen molar-refractivity contribution in [2.24, 2.45) is 22.7 Å². The molecule has 4 nitrogen and oxygen atoms in total. The van der Waals surface area contributed by atoms with Gasteiger partial charge in [-0.15, -0.1) is 0 Å². The molecule has 2 atom stereocenters. The predicted octanol–water partition coefficient (Wildman–Crippen LogP) is 11.4. The van der Waals surface area contributed by atoms with E-state index in [0.29, 0.717) is 18.4 Å². The molecule has 1 aliphatic rings. The lowest BCUT2D eigenvalue weighted by Gasteiger charge is -2.51. The quantitative estimate of drug-likeness (QED) is 0.0597. The van der Waals surface area contributed by atoms with Crippen LogP contribution in [-0.2, 0) is 14.6 Å². The zero-order valence-corrected chi connectivity index (χ0v) is 28.8. The van der Waals surface area contributed by atoms with Crippen LogP contribution in [-0.4, -0.2) is 25.7 Å². The molecular weight excluding hydrogens is 506 g/mol. The van der Waals surface area contributed by atoms with Gasteiger partial charge in [-0.2, -0.15) is 4.89 Å². The Morgan fingerprint density at radius 3 is 1.56 bits per heavy atom. The van der Waals surface area contributed by atoms with E-state index < -0.39 is 5.41 Å². The summed E-state index contributed by atoms with van der Waals surface area (Å²) in [6.07, 6.45) is 29.9. The third-order valence-corrected chi connectivity index (χ3v) is 10.9. The van der Waals surface area contributed by atoms with Gasteiger partial charge in [0.15, 0.2) is 0 Å². The molecule has 0 amide bonds. The van der Waals surface area contributed by atoms with Gasteiger partial charge in [-0.1, -0.05) is 163 Å². The van der Waals surface area contributed by atoms with Gasteiger partial charge in [0.1, 0.15) is 0 Å². The van der Waals surface area contributed by atoms with Crippen LogP contribution in [0, 0.1) is 22.7 Å². The minimum Gasteiger partial charge on any atom is -0.317 e. The van der Waals surface area contributed by atoms with Crippen LogP contribution >= 0.6 is 0 Å². The van der Waals surface area contributed by atoms with Crippen molar-refractivity contribution in [1.82, 2.24) is 5.32 Å². The van der Waals surface area contributed by atoms with Gasteiger partial charge in [0.05, 0.1) is 12.0 Å². The molecule has 41 heavy (non-hydrogen) atoms. The fourth-order valence-electron chi connectivity index (χ4n) is 7.00. The molecule has 1 fully saturated rings. The molecule has 1 heterocycles. The van der Waals surface area contributed by atoms with Crippen LogP contribution in [0.1, 0.15) is 189 Å². The number of unbranched alkanes of at least 4 members (excludes halogenated alkanes) is 18. The van der Waals surface area contributed by atoms with E-state index in [1.165, 1.54) is 122 Å². The largest absolute Gasteiger partial charge is 0.348 e. The predicted molar refractivity (Wildman–Crippen MR) is 177 cm³/mol. The minimum atomic E-state index is -0.550. The summed E-state index contributed by atoms with van der Waals surface area (Å²) in [5.74, 6) is 0.627. The number of rotatable bonds is 27.